The predicted octanol–water partition coefficient (Wildman–Crippen LogP) is 2.71. The van der Waals surface area contributed by atoms with Crippen LogP contribution >= 0.6 is 23.8 Å². The molecule has 0 aliphatic rings. The number of carbonyl (C=O) groups excluding carboxylic acids is 1. The number of amides is 1. The van der Waals surface area contributed by atoms with E-state index in [0.29, 0.717) is 30.4 Å². The zero-order chi connectivity index (χ0) is 13.7. The van der Waals surface area contributed by atoms with Gasteiger partial charge in [0.25, 0.3) is 5.91 Å². The monoisotopic (exact) mass is 288 g/mol. The van der Waals surface area contributed by atoms with Crippen molar-refractivity contribution in [1.82, 2.24) is 4.90 Å². The van der Waals surface area contributed by atoms with E-state index in [1.54, 1.807) is 17.0 Å². The Hall–Kier alpha value is -1.07. The van der Waals surface area contributed by atoms with E-state index in [9.17, 15) is 4.79 Å². The first-order valence-corrected chi connectivity index (χ1v) is 6.51. The van der Waals surface area contributed by atoms with Gasteiger partial charge >= 0.3 is 0 Å². The molecule has 2 N–H and O–H groups in total. The van der Waals surface area contributed by atoms with Gasteiger partial charge < -0.3 is 15.1 Å². The zero-order valence-corrected chi connectivity index (χ0v) is 12.1. The Labute approximate surface area is 117 Å². The highest BCUT2D eigenvalue weighted by atomic mass is 35.5. The summed E-state index contributed by atoms with van der Waals surface area (Å²) in [5.74, 6) is 0.404. The lowest BCUT2D eigenvalue weighted by atomic mass is 10.2. The number of rotatable bonds is 6. The van der Waals surface area contributed by atoms with Crippen LogP contribution < -0.4 is 5.73 Å². The van der Waals surface area contributed by atoms with Crippen molar-refractivity contribution in [3.63, 3.8) is 0 Å². The molecule has 1 amide bonds. The maximum atomic E-state index is 12.2. The smallest absolute Gasteiger partial charge is 0.289 e. The average molecular weight is 289 g/mol. The van der Waals surface area contributed by atoms with Crippen molar-refractivity contribution >= 4 is 34.7 Å². The fourth-order valence-corrected chi connectivity index (χ4v) is 1.78. The van der Waals surface area contributed by atoms with Gasteiger partial charge in [0.15, 0.2) is 11.0 Å². The number of carbonyl (C=O) groups is 1. The normalized spacial score (nSPS) is 10.7. The van der Waals surface area contributed by atoms with Crippen LogP contribution in [0.1, 0.15) is 30.8 Å². The fourth-order valence-electron chi connectivity index (χ4n) is 1.55. The van der Waals surface area contributed by atoms with Crippen LogP contribution in [0.5, 0.6) is 0 Å². The average Bonchev–Trinajstić information content (AvgIpc) is 2.69. The number of halogens is 1. The topological polar surface area (TPSA) is 59.5 Å². The molecule has 1 aromatic rings. The van der Waals surface area contributed by atoms with Crippen molar-refractivity contribution in [2.75, 3.05) is 13.1 Å². The molecule has 0 bridgehead atoms. The third-order valence-corrected chi connectivity index (χ3v) is 2.69. The summed E-state index contributed by atoms with van der Waals surface area (Å²) in [6.07, 6.45) is 0.502. The molecule has 1 rings (SSSR count). The Bertz CT molecular complexity index is 431. The van der Waals surface area contributed by atoms with Crippen molar-refractivity contribution in [2.45, 2.75) is 20.3 Å². The lowest BCUT2D eigenvalue weighted by Crippen LogP contribution is -2.36. The number of hydrogen-bond donors (Lipinski definition) is 1. The van der Waals surface area contributed by atoms with Gasteiger partial charge in [-0.25, -0.2) is 0 Å². The van der Waals surface area contributed by atoms with Crippen LogP contribution in [0.2, 0.25) is 5.22 Å². The molecule has 0 aliphatic carbocycles. The van der Waals surface area contributed by atoms with Gasteiger partial charge in [-0.2, -0.15) is 0 Å². The van der Waals surface area contributed by atoms with Gasteiger partial charge in [0.1, 0.15) is 0 Å². The summed E-state index contributed by atoms with van der Waals surface area (Å²) in [6, 6.07) is 3.12. The zero-order valence-electron chi connectivity index (χ0n) is 10.5. The van der Waals surface area contributed by atoms with Gasteiger partial charge in [-0.3, -0.25) is 4.79 Å². The minimum atomic E-state index is -0.188. The van der Waals surface area contributed by atoms with E-state index in [-0.39, 0.29) is 16.9 Å². The van der Waals surface area contributed by atoms with E-state index < -0.39 is 0 Å². The Balaban J connectivity index is 2.75. The highest BCUT2D eigenvalue weighted by Crippen LogP contribution is 2.16. The molecule has 0 spiro atoms. The number of thiocarbonyl (C=S) groups is 1. The van der Waals surface area contributed by atoms with Crippen molar-refractivity contribution < 1.29 is 9.21 Å². The van der Waals surface area contributed by atoms with E-state index in [2.05, 4.69) is 0 Å². The largest absolute Gasteiger partial charge is 0.440 e. The number of hydrogen-bond acceptors (Lipinski definition) is 3. The van der Waals surface area contributed by atoms with Gasteiger partial charge in [0.05, 0.1) is 4.99 Å². The summed E-state index contributed by atoms with van der Waals surface area (Å²) in [5, 5.41) is 0.206. The third-order valence-electron chi connectivity index (χ3n) is 2.28. The van der Waals surface area contributed by atoms with Crippen molar-refractivity contribution in [3.8, 4) is 0 Å². The van der Waals surface area contributed by atoms with Crippen LogP contribution in [0.3, 0.4) is 0 Å². The molecule has 0 aromatic carbocycles. The van der Waals surface area contributed by atoms with Gasteiger partial charge in [-0.1, -0.05) is 26.1 Å². The highest BCUT2D eigenvalue weighted by Gasteiger charge is 2.20. The first-order chi connectivity index (χ1) is 8.40. The Morgan fingerprint density at radius 1 is 1.56 bits per heavy atom. The van der Waals surface area contributed by atoms with E-state index >= 15 is 0 Å². The number of furan rings is 1. The summed E-state index contributed by atoms with van der Waals surface area (Å²) in [6.45, 7) is 5.19. The summed E-state index contributed by atoms with van der Waals surface area (Å²) in [4.78, 5) is 14.3. The van der Waals surface area contributed by atoms with Gasteiger partial charge in [-0.05, 0) is 29.7 Å². The van der Waals surface area contributed by atoms with Crippen LogP contribution in [-0.2, 0) is 0 Å². The van der Waals surface area contributed by atoms with Crippen molar-refractivity contribution in [1.29, 1.82) is 0 Å². The van der Waals surface area contributed by atoms with Crippen LogP contribution in [0.15, 0.2) is 16.5 Å². The van der Waals surface area contributed by atoms with Gasteiger partial charge in [0.2, 0.25) is 0 Å². The summed E-state index contributed by atoms with van der Waals surface area (Å²) >= 11 is 10.5. The summed E-state index contributed by atoms with van der Waals surface area (Å²) < 4.78 is 5.12. The van der Waals surface area contributed by atoms with E-state index in [4.69, 9.17) is 34.0 Å². The first kappa shape index (κ1) is 15.0. The molecule has 18 heavy (non-hydrogen) atoms. The standard InChI is InChI=1S/C12H17ClN2O2S/c1-8(2)7-15(6-5-11(14)18)12(16)9-3-4-10(13)17-9/h3-4,8H,5-7H2,1-2H3,(H2,14,18). The van der Waals surface area contributed by atoms with Gasteiger partial charge in [-0.15, -0.1) is 0 Å². The van der Waals surface area contributed by atoms with Crippen molar-refractivity contribution in [3.05, 3.63) is 23.1 Å². The highest BCUT2D eigenvalue weighted by molar-refractivity contribution is 7.80. The Morgan fingerprint density at radius 2 is 2.22 bits per heavy atom. The molecule has 6 heteroatoms. The minimum Gasteiger partial charge on any atom is -0.440 e. The van der Waals surface area contributed by atoms with Crippen LogP contribution in [0.25, 0.3) is 0 Å². The summed E-state index contributed by atoms with van der Waals surface area (Å²) in [7, 11) is 0. The molecular weight excluding hydrogens is 272 g/mol. The van der Waals surface area contributed by atoms with E-state index in [0.717, 1.165) is 0 Å². The molecule has 0 atom stereocenters. The second-order valence-corrected chi connectivity index (χ2v) is 5.36. The SMILES string of the molecule is CC(C)CN(CCC(N)=S)C(=O)c1ccc(Cl)o1. The second-order valence-electron chi connectivity index (χ2n) is 4.47. The third kappa shape index (κ3) is 4.66. The molecule has 0 saturated carbocycles. The molecule has 100 valence electrons. The summed E-state index contributed by atoms with van der Waals surface area (Å²) in [5.41, 5.74) is 5.46. The number of nitrogens with two attached hydrogens (primary N) is 1. The molecule has 4 nitrogen and oxygen atoms in total. The Kier molecular flexibility index (Phi) is 5.62. The fraction of sp³-hybridized carbons (Fsp3) is 0.500. The van der Waals surface area contributed by atoms with E-state index in [1.807, 2.05) is 13.8 Å². The van der Waals surface area contributed by atoms with E-state index in [1.165, 1.54) is 0 Å². The molecule has 1 heterocycles. The second kappa shape index (κ2) is 6.75. The van der Waals surface area contributed by atoms with Crippen LogP contribution in [0.4, 0.5) is 0 Å². The molecule has 0 fully saturated rings. The molecule has 0 unspecified atom stereocenters. The predicted molar refractivity (Wildman–Crippen MR) is 75.9 cm³/mol. The lowest BCUT2D eigenvalue weighted by Gasteiger charge is -2.23. The van der Waals surface area contributed by atoms with Gasteiger partial charge in [0, 0.05) is 19.5 Å². The quantitative estimate of drug-likeness (QED) is 0.818. The van der Waals surface area contributed by atoms with Crippen LogP contribution in [0, 0.1) is 5.92 Å². The molecule has 0 saturated heterocycles. The molecule has 1 aromatic heterocycles. The van der Waals surface area contributed by atoms with Crippen molar-refractivity contribution in [2.24, 2.45) is 11.7 Å². The Morgan fingerprint density at radius 3 is 2.67 bits per heavy atom. The maximum absolute atomic E-state index is 12.2. The molecular formula is C12H17ClN2O2S. The van der Waals surface area contributed by atoms with Crippen LogP contribution in [-0.4, -0.2) is 28.9 Å². The number of nitrogens with zero attached hydrogens (tertiary/aromatic N) is 1. The molecule has 0 radical (unpaired) electrons. The minimum absolute atomic E-state index is 0.188. The molecule has 0 aliphatic heterocycles. The first-order valence-electron chi connectivity index (χ1n) is 5.73. The lowest BCUT2D eigenvalue weighted by molar-refractivity contribution is 0.0709. The maximum Gasteiger partial charge on any atom is 0.289 e.